The van der Waals surface area contributed by atoms with Crippen LogP contribution in [0, 0.1) is 5.82 Å². The van der Waals surface area contributed by atoms with E-state index in [0.717, 1.165) is 12.1 Å². The van der Waals surface area contributed by atoms with Gasteiger partial charge in [0.15, 0.2) is 0 Å². The Morgan fingerprint density at radius 1 is 1.32 bits per heavy atom. The highest BCUT2D eigenvalue weighted by atomic mass is 19.4. The van der Waals surface area contributed by atoms with Crippen LogP contribution in [0.3, 0.4) is 0 Å². The van der Waals surface area contributed by atoms with Crippen LogP contribution >= 0.6 is 0 Å². The lowest BCUT2D eigenvalue weighted by Gasteiger charge is -2.40. The highest BCUT2D eigenvalue weighted by Gasteiger charge is 2.42. The van der Waals surface area contributed by atoms with Gasteiger partial charge in [-0.1, -0.05) is 11.3 Å². The van der Waals surface area contributed by atoms with E-state index in [2.05, 4.69) is 15.6 Å². The molecule has 0 unspecified atom stereocenters. The van der Waals surface area contributed by atoms with Gasteiger partial charge in [-0.25, -0.2) is 4.39 Å². The predicted octanol–water partition coefficient (Wildman–Crippen LogP) is 2.67. The van der Waals surface area contributed by atoms with Crippen molar-refractivity contribution in [3.8, 4) is 0 Å². The summed E-state index contributed by atoms with van der Waals surface area (Å²) in [6.07, 6.45) is -2.67. The van der Waals surface area contributed by atoms with Gasteiger partial charge in [-0.15, -0.1) is 5.10 Å². The average Bonchev–Trinajstić information content (AvgIpc) is 2.91. The highest BCUT2D eigenvalue weighted by Crippen LogP contribution is 2.41. The third kappa shape index (κ3) is 3.52. The number of rotatable bonds is 2. The first-order valence-corrected chi connectivity index (χ1v) is 7.80. The Balaban J connectivity index is 1.93. The van der Waals surface area contributed by atoms with E-state index in [1.54, 1.807) is 13.2 Å². The Kier molecular flexibility index (Phi) is 4.32. The standard InChI is InChI=1S/C16H18F4N4O/c1-9-6-15(25,7-13(21-9)14-8-24(2)23-22-14)10-3-4-11(12(17)5-10)16(18,19)20/h3-5,8-9,13,21,25H,6-7H2,1-2H3/t9-,13-,15-/m0/s1. The number of nitrogens with one attached hydrogen (secondary N) is 1. The summed E-state index contributed by atoms with van der Waals surface area (Å²) < 4.78 is 53.6. The number of aryl methyl sites for hydroxylation is 1. The number of aliphatic hydroxyl groups is 1. The first-order chi connectivity index (χ1) is 11.6. The first kappa shape index (κ1) is 17.8. The second-order valence-corrected chi connectivity index (χ2v) is 6.57. The molecule has 1 aromatic carbocycles. The van der Waals surface area contributed by atoms with Crippen LogP contribution < -0.4 is 5.32 Å². The van der Waals surface area contributed by atoms with Gasteiger partial charge >= 0.3 is 6.18 Å². The van der Waals surface area contributed by atoms with E-state index in [9.17, 15) is 22.7 Å². The molecule has 9 heteroatoms. The number of aromatic nitrogens is 3. The summed E-state index contributed by atoms with van der Waals surface area (Å²) in [4.78, 5) is 0. The molecule has 136 valence electrons. The van der Waals surface area contributed by atoms with E-state index in [0.29, 0.717) is 11.8 Å². The van der Waals surface area contributed by atoms with Gasteiger partial charge in [-0.3, -0.25) is 4.68 Å². The summed E-state index contributed by atoms with van der Waals surface area (Å²) in [6.45, 7) is 1.84. The van der Waals surface area contributed by atoms with E-state index in [1.807, 2.05) is 6.92 Å². The molecular weight excluding hydrogens is 340 g/mol. The zero-order valence-corrected chi connectivity index (χ0v) is 13.7. The number of benzene rings is 1. The molecule has 1 fully saturated rings. The van der Waals surface area contributed by atoms with Crippen molar-refractivity contribution in [3.05, 3.63) is 47.0 Å². The largest absolute Gasteiger partial charge is 0.419 e. The third-order valence-corrected chi connectivity index (χ3v) is 4.46. The molecule has 1 saturated heterocycles. The maximum atomic E-state index is 13.9. The molecule has 0 amide bonds. The molecule has 0 bridgehead atoms. The topological polar surface area (TPSA) is 63.0 Å². The van der Waals surface area contributed by atoms with Crippen molar-refractivity contribution in [2.45, 2.75) is 43.6 Å². The minimum atomic E-state index is -4.77. The number of piperidine rings is 1. The second-order valence-electron chi connectivity index (χ2n) is 6.57. The lowest BCUT2D eigenvalue weighted by Crippen LogP contribution is -2.47. The monoisotopic (exact) mass is 358 g/mol. The molecule has 25 heavy (non-hydrogen) atoms. The molecule has 0 radical (unpaired) electrons. The Morgan fingerprint density at radius 3 is 2.60 bits per heavy atom. The molecule has 3 atom stereocenters. The fourth-order valence-electron chi connectivity index (χ4n) is 3.37. The Bertz CT molecular complexity index is 776. The molecule has 0 aliphatic carbocycles. The molecule has 2 aromatic rings. The second kappa shape index (κ2) is 6.06. The molecule has 1 aromatic heterocycles. The van der Waals surface area contributed by atoms with E-state index in [4.69, 9.17) is 0 Å². The van der Waals surface area contributed by atoms with Gasteiger partial charge in [0.2, 0.25) is 0 Å². The van der Waals surface area contributed by atoms with E-state index in [-0.39, 0.29) is 30.5 Å². The van der Waals surface area contributed by atoms with Crippen molar-refractivity contribution in [3.63, 3.8) is 0 Å². The van der Waals surface area contributed by atoms with Crippen LogP contribution in [0.1, 0.15) is 42.6 Å². The maximum Gasteiger partial charge on any atom is 0.419 e. The van der Waals surface area contributed by atoms with Crippen LogP contribution in [0.2, 0.25) is 0 Å². The van der Waals surface area contributed by atoms with Crippen LogP contribution in [-0.4, -0.2) is 26.1 Å². The average molecular weight is 358 g/mol. The van der Waals surface area contributed by atoms with Gasteiger partial charge in [0, 0.05) is 25.7 Å². The maximum absolute atomic E-state index is 13.9. The van der Waals surface area contributed by atoms with Crippen molar-refractivity contribution in [1.29, 1.82) is 0 Å². The van der Waals surface area contributed by atoms with Crippen molar-refractivity contribution in [2.24, 2.45) is 7.05 Å². The molecule has 1 aliphatic heterocycles. The van der Waals surface area contributed by atoms with Crippen molar-refractivity contribution < 1.29 is 22.7 Å². The minimum absolute atomic E-state index is 0.125. The normalized spacial score (nSPS) is 27.5. The summed E-state index contributed by atoms with van der Waals surface area (Å²) in [7, 11) is 1.71. The van der Waals surface area contributed by atoms with E-state index >= 15 is 0 Å². The van der Waals surface area contributed by atoms with Crippen LogP contribution in [0.15, 0.2) is 24.4 Å². The molecule has 2 N–H and O–H groups in total. The molecule has 5 nitrogen and oxygen atoms in total. The molecule has 1 aliphatic rings. The number of hydrogen-bond donors (Lipinski definition) is 2. The highest BCUT2D eigenvalue weighted by molar-refractivity contribution is 5.31. The van der Waals surface area contributed by atoms with E-state index in [1.165, 1.54) is 4.68 Å². The van der Waals surface area contributed by atoms with Gasteiger partial charge in [0.1, 0.15) is 5.82 Å². The predicted molar refractivity (Wildman–Crippen MR) is 80.9 cm³/mol. The zero-order valence-electron chi connectivity index (χ0n) is 13.7. The summed E-state index contributed by atoms with van der Waals surface area (Å²) in [5.41, 5.74) is -2.06. The van der Waals surface area contributed by atoms with Gasteiger partial charge in [0.05, 0.1) is 22.9 Å². The number of halogens is 4. The van der Waals surface area contributed by atoms with Crippen LogP contribution in [0.4, 0.5) is 17.6 Å². The zero-order chi connectivity index (χ0) is 18.4. The van der Waals surface area contributed by atoms with Gasteiger partial charge in [-0.2, -0.15) is 13.2 Å². The van der Waals surface area contributed by atoms with Crippen molar-refractivity contribution in [1.82, 2.24) is 20.3 Å². The Morgan fingerprint density at radius 2 is 2.04 bits per heavy atom. The molecule has 0 spiro atoms. The van der Waals surface area contributed by atoms with Crippen LogP contribution in [0.25, 0.3) is 0 Å². The first-order valence-electron chi connectivity index (χ1n) is 7.80. The molecule has 3 rings (SSSR count). The lowest BCUT2D eigenvalue weighted by atomic mass is 9.78. The van der Waals surface area contributed by atoms with Gasteiger partial charge < -0.3 is 10.4 Å². The van der Waals surface area contributed by atoms with Gasteiger partial charge in [-0.05, 0) is 31.0 Å². The summed E-state index contributed by atoms with van der Waals surface area (Å²) in [5, 5.41) is 22.2. The quantitative estimate of drug-likeness (QED) is 0.811. The van der Waals surface area contributed by atoms with Crippen LogP contribution in [0.5, 0.6) is 0 Å². The van der Waals surface area contributed by atoms with Crippen molar-refractivity contribution >= 4 is 0 Å². The minimum Gasteiger partial charge on any atom is -0.385 e. The number of nitrogens with zero attached hydrogens (tertiary/aromatic N) is 3. The molecule has 0 saturated carbocycles. The fraction of sp³-hybridized carbons (Fsp3) is 0.500. The Labute approximate surface area is 141 Å². The molecule has 2 heterocycles. The summed E-state index contributed by atoms with van der Waals surface area (Å²) >= 11 is 0. The smallest absolute Gasteiger partial charge is 0.385 e. The summed E-state index contributed by atoms with van der Waals surface area (Å²) in [6, 6.07) is 2.10. The van der Waals surface area contributed by atoms with Gasteiger partial charge in [0.25, 0.3) is 0 Å². The van der Waals surface area contributed by atoms with Crippen molar-refractivity contribution in [2.75, 3.05) is 0 Å². The van der Waals surface area contributed by atoms with E-state index < -0.39 is 23.2 Å². The lowest BCUT2D eigenvalue weighted by molar-refractivity contribution is -0.140. The Hall–Kier alpha value is -2.00. The fourth-order valence-corrected chi connectivity index (χ4v) is 3.37. The van der Waals surface area contributed by atoms with Crippen LogP contribution in [-0.2, 0) is 18.8 Å². The summed E-state index contributed by atoms with van der Waals surface area (Å²) in [5.74, 6) is -1.39. The SMILES string of the molecule is C[C@H]1C[C@@](O)(c2ccc(C(F)(F)F)c(F)c2)C[C@@H](c2cn(C)nn2)N1. The number of hydrogen-bond acceptors (Lipinski definition) is 4. The number of alkyl halides is 3. The molecular formula is C16H18F4N4O. The third-order valence-electron chi connectivity index (χ3n) is 4.46.